The van der Waals surface area contributed by atoms with Crippen molar-refractivity contribution < 1.29 is 9.59 Å². The van der Waals surface area contributed by atoms with Crippen molar-refractivity contribution in [1.29, 1.82) is 0 Å². The lowest BCUT2D eigenvalue weighted by molar-refractivity contribution is -0.921. The fourth-order valence-corrected chi connectivity index (χ4v) is 4.57. The summed E-state index contributed by atoms with van der Waals surface area (Å²) in [6.45, 7) is 1.11. The fourth-order valence-electron chi connectivity index (χ4n) is 4.57. The highest BCUT2D eigenvalue weighted by Crippen LogP contribution is 2.38. The van der Waals surface area contributed by atoms with Crippen LogP contribution >= 0.6 is 0 Å². The second-order valence-corrected chi connectivity index (χ2v) is 8.61. The maximum atomic E-state index is 9.83. The first kappa shape index (κ1) is 18.8. The number of likely N-dealkylation sites (N-methyl/N-ethyl adjacent to an activating group) is 1. The van der Waals surface area contributed by atoms with Gasteiger partial charge >= 0.3 is 0 Å². The molecule has 1 unspecified atom stereocenters. The summed E-state index contributed by atoms with van der Waals surface area (Å²) in [6.07, 6.45) is 4.58. The van der Waals surface area contributed by atoms with E-state index < -0.39 is 0 Å². The number of phenols is 1. The largest absolute Gasteiger partial charge is 0.508 e. The third-order valence-corrected chi connectivity index (χ3v) is 6.29. The predicted molar refractivity (Wildman–Crippen MR) is 116 cm³/mol. The Kier molecular flexibility index (Phi) is 5.23. The van der Waals surface area contributed by atoms with E-state index in [0.717, 1.165) is 23.9 Å². The van der Waals surface area contributed by atoms with Crippen molar-refractivity contribution in [2.45, 2.75) is 31.7 Å². The van der Waals surface area contributed by atoms with Gasteiger partial charge in [-0.15, -0.1) is 0 Å². The van der Waals surface area contributed by atoms with E-state index in [1.54, 1.807) is 0 Å². The van der Waals surface area contributed by atoms with Crippen LogP contribution in [0.4, 0.5) is 0 Å². The SMILES string of the molecule is C[N+](C)(CCc1ccc(-c2ccccc2)cc1)C1CCCc2cc(O)ccc21. The molecule has 3 aromatic carbocycles. The third kappa shape index (κ3) is 3.98. The minimum absolute atomic E-state index is 0.392. The van der Waals surface area contributed by atoms with Gasteiger partial charge < -0.3 is 9.59 Å². The summed E-state index contributed by atoms with van der Waals surface area (Å²) >= 11 is 0. The predicted octanol–water partition coefficient (Wildman–Crippen LogP) is 5.76. The van der Waals surface area contributed by atoms with Gasteiger partial charge in [-0.3, -0.25) is 0 Å². The van der Waals surface area contributed by atoms with Crippen molar-refractivity contribution in [3.63, 3.8) is 0 Å². The molecule has 0 fully saturated rings. The van der Waals surface area contributed by atoms with Crippen molar-refractivity contribution in [2.24, 2.45) is 0 Å². The molecule has 2 heteroatoms. The smallest absolute Gasteiger partial charge is 0.115 e. The Morgan fingerprint density at radius 1 is 0.893 bits per heavy atom. The number of nitrogens with zero attached hydrogens (tertiary/aromatic N) is 1. The molecule has 2 nitrogen and oxygen atoms in total. The van der Waals surface area contributed by atoms with E-state index in [4.69, 9.17) is 0 Å². The van der Waals surface area contributed by atoms with Crippen LogP contribution < -0.4 is 0 Å². The van der Waals surface area contributed by atoms with E-state index >= 15 is 0 Å². The lowest BCUT2D eigenvalue weighted by Crippen LogP contribution is -2.45. The summed E-state index contributed by atoms with van der Waals surface area (Å²) in [7, 11) is 4.70. The average Bonchev–Trinajstić information content (AvgIpc) is 2.72. The molecule has 1 atom stereocenters. The number of aryl methyl sites for hydroxylation is 1. The first-order chi connectivity index (χ1) is 13.5. The van der Waals surface area contributed by atoms with Crippen LogP contribution in [0, 0.1) is 0 Å². The van der Waals surface area contributed by atoms with Gasteiger partial charge in [-0.2, -0.15) is 0 Å². The second kappa shape index (κ2) is 7.81. The number of benzene rings is 3. The maximum Gasteiger partial charge on any atom is 0.115 e. The summed E-state index contributed by atoms with van der Waals surface area (Å²) in [5.41, 5.74) is 6.70. The van der Waals surface area contributed by atoms with Gasteiger partial charge in [-0.1, -0.05) is 54.6 Å². The highest BCUT2D eigenvalue weighted by molar-refractivity contribution is 5.63. The van der Waals surface area contributed by atoms with Crippen molar-refractivity contribution in [2.75, 3.05) is 20.6 Å². The molecular weight excluding hydrogens is 342 g/mol. The highest BCUT2D eigenvalue weighted by Gasteiger charge is 2.33. The van der Waals surface area contributed by atoms with Gasteiger partial charge in [-0.05, 0) is 53.3 Å². The molecule has 4 rings (SSSR count). The number of phenolic OH excluding ortho intramolecular Hbond substituents is 1. The lowest BCUT2D eigenvalue weighted by Gasteiger charge is -2.41. The molecule has 1 aliphatic carbocycles. The summed E-state index contributed by atoms with van der Waals surface area (Å²) < 4.78 is 0.984. The third-order valence-electron chi connectivity index (χ3n) is 6.29. The monoisotopic (exact) mass is 372 g/mol. The van der Waals surface area contributed by atoms with Crippen molar-refractivity contribution in [3.05, 3.63) is 89.5 Å². The van der Waals surface area contributed by atoms with E-state index in [2.05, 4.69) is 74.8 Å². The zero-order valence-electron chi connectivity index (χ0n) is 16.9. The van der Waals surface area contributed by atoms with Gasteiger partial charge in [0.05, 0.1) is 20.6 Å². The first-order valence-electron chi connectivity index (χ1n) is 10.3. The molecule has 0 heterocycles. The van der Waals surface area contributed by atoms with Crippen LogP contribution in [-0.4, -0.2) is 30.2 Å². The zero-order chi connectivity index (χ0) is 19.6. The molecular formula is C26H30NO+. The topological polar surface area (TPSA) is 20.2 Å². The zero-order valence-corrected chi connectivity index (χ0v) is 16.9. The standard InChI is InChI=1S/C26H29NO/c1-27(2,26-10-6-9-23-19-24(28)15-16-25(23)26)18-17-20-11-13-22(14-12-20)21-7-4-3-5-8-21/h3-5,7-8,11-16,19,26H,6,9-10,17-18H2,1-2H3/p+1. The van der Waals surface area contributed by atoms with E-state index in [0.29, 0.717) is 11.8 Å². The van der Waals surface area contributed by atoms with Gasteiger partial charge in [0.15, 0.2) is 0 Å². The van der Waals surface area contributed by atoms with E-state index in [1.807, 2.05) is 12.1 Å². The van der Waals surface area contributed by atoms with Crippen LogP contribution in [0.3, 0.4) is 0 Å². The Morgan fingerprint density at radius 3 is 2.36 bits per heavy atom. The summed E-state index contributed by atoms with van der Waals surface area (Å²) in [6, 6.07) is 26.0. The van der Waals surface area contributed by atoms with Gasteiger partial charge in [0.1, 0.15) is 11.8 Å². The van der Waals surface area contributed by atoms with Gasteiger partial charge in [0, 0.05) is 18.4 Å². The molecule has 0 aromatic heterocycles. The summed E-state index contributed by atoms with van der Waals surface area (Å²) in [5.74, 6) is 0.392. The van der Waals surface area contributed by atoms with Crippen LogP contribution in [0.15, 0.2) is 72.8 Å². The summed E-state index contributed by atoms with van der Waals surface area (Å²) in [5, 5.41) is 9.83. The average molecular weight is 373 g/mol. The van der Waals surface area contributed by atoms with Crippen LogP contribution in [-0.2, 0) is 12.8 Å². The van der Waals surface area contributed by atoms with Crippen LogP contribution in [0.1, 0.15) is 35.6 Å². The van der Waals surface area contributed by atoms with Gasteiger partial charge in [-0.25, -0.2) is 0 Å². The molecule has 0 radical (unpaired) electrons. The number of rotatable bonds is 5. The number of aromatic hydroxyl groups is 1. The maximum absolute atomic E-state index is 9.83. The van der Waals surface area contributed by atoms with Crippen LogP contribution in [0.2, 0.25) is 0 Å². The molecule has 3 aromatic rings. The molecule has 28 heavy (non-hydrogen) atoms. The molecule has 144 valence electrons. The Bertz CT molecular complexity index is 928. The number of hydrogen-bond donors (Lipinski definition) is 1. The minimum Gasteiger partial charge on any atom is -0.508 e. The Hall–Kier alpha value is -2.58. The molecule has 0 bridgehead atoms. The second-order valence-electron chi connectivity index (χ2n) is 8.61. The molecule has 1 N–H and O–H groups in total. The fraction of sp³-hybridized carbons (Fsp3) is 0.308. The van der Waals surface area contributed by atoms with Crippen LogP contribution in [0.5, 0.6) is 5.75 Å². The minimum atomic E-state index is 0.392. The first-order valence-corrected chi connectivity index (χ1v) is 10.3. The lowest BCUT2D eigenvalue weighted by atomic mass is 9.85. The van der Waals surface area contributed by atoms with Crippen molar-refractivity contribution in [1.82, 2.24) is 0 Å². The Labute approximate surface area is 168 Å². The van der Waals surface area contributed by atoms with Gasteiger partial charge in [0.25, 0.3) is 0 Å². The van der Waals surface area contributed by atoms with Crippen molar-refractivity contribution >= 4 is 0 Å². The molecule has 0 amide bonds. The Balaban J connectivity index is 1.46. The van der Waals surface area contributed by atoms with Crippen LogP contribution in [0.25, 0.3) is 11.1 Å². The van der Waals surface area contributed by atoms with E-state index in [1.165, 1.54) is 40.7 Å². The molecule has 1 aliphatic rings. The quantitative estimate of drug-likeness (QED) is 0.565. The van der Waals surface area contributed by atoms with E-state index in [9.17, 15) is 5.11 Å². The molecule has 0 saturated heterocycles. The summed E-state index contributed by atoms with van der Waals surface area (Å²) in [4.78, 5) is 0. The normalized spacial score (nSPS) is 16.6. The Morgan fingerprint density at radius 2 is 1.61 bits per heavy atom. The van der Waals surface area contributed by atoms with E-state index in [-0.39, 0.29) is 0 Å². The number of fused-ring (bicyclic) bond motifs is 1. The number of quaternary nitrogens is 1. The van der Waals surface area contributed by atoms with Crippen molar-refractivity contribution in [3.8, 4) is 16.9 Å². The van der Waals surface area contributed by atoms with Gasteiger partial charge in [0.2, 0.25) is 0 Å². The molecule has 0 saturated carbocycles. The molecule has 0 spiro atoms. The number of hydrogen-bond acceptors (Lipinski definition) is 1. The molecule has 0 aliphatic heterocycles. The highest BCUT2D eigenvalue weighted by atomic mass is 16.3.